The highest BCUT2D eigenvalue weighted by Crippen LogP contribution is 2.12. The first kappa shape index (κ1) is 13.3. The van der Waals surface area contributed by atoms with Gasteiger partial charge in [-0.2, -0.15) is 0 Å². The van der Waals surface area contributed by atoms with Crippen molar-refractivity contribution in [2.24, 2.45) is 0 Å². The number of hydrogen-bond acceptors (Lipinski definition) is 4. The van der Waals surface area contributed by atoms with Crippen molar-refractivity contribution in [3.05, 3.63) is 0 Å². The third kappa shape index (κ3) is 5.10. The lowest BCUT2D eigenvalue weighted by Crippen LogP contribution is -2.37. The van der Waals surface area contributed by atoms with Gasteiger partial charge in [0.25, 0.3) is 5.91 Å². The minimum atomic E-state index is -2.02. The van der Waals surface area contributed by atoms with E-state index < -0.39 is 14.5 Å². The maximum absolute atomic E-state index is 10.5. The SMILES string of the molecule is CO[Si](C)(CCCNC(=O)C=O)OC. The summed E-state index contributed by atoms with van der Waals surface area (Å²) in [6.45, 7) is 2.43. The van der Waals surface area contributed by atoms with Crippen LogP contribution in [0.5, 0.6) is 0 Å². The van der Waals surface area contributed by atoms with Gasteiger partial charge < -0.3 is 14.2 Å². The fraction of sp³-hybridized carbons (Fsp3) is 0.750. The molecule has 1 amide bonds. The summed E-state index contributed by atoms with van der Waals surface area (Å²) >= 11 is 0. The van der Waals surface area contributed by atoms with E-state index in [4.69, 9.17) is 8.85 Å². The van der Waals surface area contributed by atoms with Crippen LogP contribution in [0.25, 0.3) is 0 Å². The molecule has 5 nitrogen and oxygen atoms in total. The fourth-order valence-corrected chi connectivity index (χ4v) is 2.34. The summed E-state index contributed by atoms with van der Waals surface area (Å²) in [5.41, 5.74) is 0. The maximum atomic E-state index is 10.5. The molecule has 14 heavy (non-hydrogen) atoms. The largest absolute Gasteiger partial charge is 0.398 e. The second-order valence-corrected chi connectivity index (χ2v) is 6.64. The van der Waals surface area contributed by atoms with Gasteiger partial charge in [0.1, 0.15) is 0 Å². The van der Waals surface area contributed by atoms with Crippen molar-refractivity contribution in [2.75, 3.05) is 20.8 Å². The van der Waals surface area contributed by atoms with E-state index in [1.165, 1.54) is 0 Å². The molecule has 0 rings (SSSR count). The molecule has 0 spiro atoms. The fourth-order valence-electron chi connectivity index (χ4n) is 0.950. The van der Waals surface area contributed by atoms with Gasteiger partial charge in [-0.3, -0.25) is 9.59 Å². The minimum absolute atomic E-state index is 0.267. The standard InChI is InChI=1S/C8H17NO4Si/c1-12-14(3,13-2)6-4-5-9-8(11)7-10/h7H,4-6H2,1-3H3,(H,9,11). The summed E-state index contributed by atoms with van der Waals surface area (Å²) in [6.07, 6.45) is 1.02. The molecule has 0 saturated carbocycles. The number of carbonyl (C=O) groups is 2. The van der Waals surface area contributed by atoms with E-state index >= 15 is 0 Å². The number of rotatable bonds is 7. The highest BCUT2D eigenvalue weighted by Gasteiger charge is 2.27. The number of aldehydes is 1. The number of hydrogen-bond donors (Lipinski definition) is 1. The van der Waals surface area contributed by atoms with Crippen LogP contribution in [-0.2, 0) is 18.4 Å². The number of amides is 1. The molecule has 0 atom stereocenters. The van der Waals surface area contributed by atoms with Crippen LogP contribution in [-0.4, -0.2) is 41.5 Å². The Hall–Kier alpha value is -0.723. The van der Waals surface area contributed by atoms with E-state index in [2.05, 4.69) is 5.32 Å². The molecule has 1 N–H and O–H groups in total. The Labute approximate surface area is 85.0 Å². The Kier molecular flexibility index (Phi) is 6.34. The molecule has 0 radical (unpaired) electrons. The van der Waals surface area contributed by atoms with E-state index in [0.717, 1.165) is 12.5 Å². The first-order valence-corrected chi connectivity index (χ1v) is 6.93. The lowest BCUT2D eigenvalue weighted by molar-refractivity contribution is -0.131. The predicted molar refractivity (Wildman–Crippen MR) is 54.1 cm³/mol. The number of carbonyl (C=O) groups excluding carboxylic acids is 2. The van der Waals surface area contributed by atoms with Gasteiger partial charge in [0.2, 0.25) is 6.29 Å². The average molecular weight is 219 g/mol. The normalized spacial score (nSPS) is 11.1. The van der Waals surface area contributed by atoms with E-state index in [1.54, 1.807) is 14.2 Å². The molecule has 0 aromatic carbocycles. The maximum Gasteiger partial charge on any atom is 0.334 e. The zero-order valence-electron chi connectivity index (χ0n) is 8.83. The summed E-state index contributed by atoms with van der Waals surface area (Å²) in [4.78, 5) is 20.5. The summed E-state index contributed by atoms with van der Waals surface area (Å²) in [6, 6.07) is 0.791. The molecular formula is C8H17NO4Si. The Bertz CT molecular complexity index is 194. The Morgan fingerprint density at radius 1 is 1.43 bits per heavy atom. The second-order valence-electron chi connectivity index (χ2n) is 3.05. The van der Waals surface area contributed by atoms with E-state index in [-0.39, 0.29) is 6.29 Å². The van der Waals surface area contributed by atoms with Crippen LogP contribution in [0, 0.1) is 0 Å². The van der Waals surface area contributed by atoms with Crippen LogP contribution < -0.4 is 5.32 Å². The molecule has 0 aliphatic heterocycles. The molecule has 0 aromatic heterocycles. The van der Waals surface area contributed by atoms with Crippen molar-refractivity contribution in [2.45, 2.75) is 19.0 Å². The molecular weight excluding hydrogens is 202 g/mol. The summed E-state index contributed by atoms with van der Waals surface area (Å²) in [5.74, 6) is -0.580. The summed E-state index contributed by atoms with van der Waals surface area (Å²) in [5, 5.41) is 2.46. The third-order valence-electron chi connectivity index (χ3n) is 2.08. The van der Waals surface area contributed by atoms with Gasteiger partial charge in [0.05, 0.1) is 0 Å². The van der Waals surface area contributed by atoms with Crippen LogP contribution in [0.2, 0.25) is 12.6 Å². The van der Waals surface area contributed by atoms with Crippen molar-refractivity contribution >= 4 is 20.8 Å². The Morgan fingerprint density at radius 3 is 2.43 bits per heavy atom. The van der Waals surface area contributed by atoms with Gasteiger partial charge in [0.15, 0.2) is 0 Å². The van der Waals surface area contributed by atoms with Crippen molar-refractivity contribution < 1.29 is 18.4 Å². The lowest BCUT2D eigenvalue weighted by atomic mass is 10.5. The molecule has 6 heteroatoms. The zero-order chi connectivity index (χ0) is 11.0. The van der Waals surface area contributed by atoms with Crippen molar-refractivity contribution in [3.63, 3.8) is 0 Å². The summed E-state index contributed by atoms with van der Waals surface area (Å²) in [7, 11) is 1.23. The predicted octanol–water partition coefficient (Wildman–Crippen LogP) is 0.0564. The molecule has 0 saturated heterocycles. The summed E-state index contributed by atoms with van der Waals surface area (Å²) < 4.78 is 10.5. The highest BCUT2D eigenvalue weighted by molar-refractivity contribution is 6.65. The van der Waals surface area contributed by atoms with Gasteiger partial charge in [-0.05, 0) is 19.0 Å². The van der Waals surface area contributed by atoms with Crippen LogP contribution >= 0.6 is 0 Å². The van der Waals surface area contributed by atoms with Gasteiger partial charge in [0, 0.05) is 20.8 Å². The van der Waals surface area contributed by atoms with Crippen molar-refractivity contribution in [1.82, 2.24) is 5.32 Å². The van der Waals surface area contributed by atoms with Crippen LogP contribution in [0.1, 0.15) is 6.42 Å². The van der Waals surface area contributed by atoms with Crippen molar-refractivity contribution in [3.8, 4) is 0 Å². The zero-order valence-corrected chi connectivity index (χ0v) is 9.83. The van der Waals surface area contributed by atoms with Crippen LogP contribution in [0.15, 0.2) is 0 Å². The molecule has 0 unspecified atom stereocenters. The van der Waals surface area contributed by atoms with Gasteiger partial charge in [-0.25, -0.2) is 0 Å². The van der Waals surface area contributed by atoms with Gasteiger partial charge in [-0.15, -0.1) is 0 Å². The van der Waals surface area contributed by atoms with Crippen molar-refractivity contribution in [1.29, 1.82) is 0 Å². The molecule has 0 aromatic rings. The lowest BCUT2D eigenvalue weighted by Gasteiger charge is -2.22. The minimum Gasteiger partial charge on any atom is -0.398 e. The topological polar surface area (TPSA) is 64.6 Å². The monoisotopic (exact) mass is 219 g/mol. The van der Waals surface area contributed by atoms with Crippen LogP contribution in [0.4, 0.5) is 0 Å². The molecule has 0 heterocycles. The second kappa shape index (κ2) is 6.69. The first-order valence-electron chi connectivity index (χ1n) is 4.41. The first-order chi connectivity index (χ1) is 6.58. The third-order valence-corrected chi connectivity index (χ3v) is 5.07. The quantitative estimate of drug-likeness (QED) is 0.284. The smallest absolute Gasteiger partial charge is 0.334 e. The van der Waals surface area contributed by atoms with Crippen LogP contribution in [0.3, 0.4) is 0 Å². The molecule has 0 fully saturated rings. The molecule has 0 aliphatic carbocycles. The number of nitrogens with one attached hydrogen (secondary N) is 1. The molecule has 0 bridgehead atoms. The van der Waals surface area contributed by atoms with Gasteiger partial charge >= 0.3 is 8.56 Å². The van der Waals surface area contributed by atoms with Gasteiger partial charge in [-0.1, -0.05) is 0 Å². The molecule has 0 aliphatic rings. The highest BCUT2D eigenvalue weighted by atomic mass is 28.4. The van der Waals surface area contributed by atoms with E-state index in [1.807, 2.05) is 6.55 Å². The Balaban J connectivity index is 3.62. The average Bonchev–Trinajstić information content (AvgIpc) is 2.23. The molecule has 82 valence electrons. The van der Waals surface area contributed by atoms with E-state index in [9.17, 15) is 9.59 Å². The Morgan fingerprint density at radius 2 is 2.00 bits per heavy atom. The van der Waals surface area contributed by atoms with E-state index in [0.29, 0.717) is 6.54 Å².